The van der Waals surface area contributed by atoms with E-state index in [9.17, 15) is 8.42 Å². The lowest BCUT2D eigenvalue weighted by Gasteiger charge is -2.07. The summed E-state index contributed by atoms with van der Waals surface area (Å²) in [5.41, 5.74) is 0. The monoisotopic (exact) mass is 266 g/mol. The average molecular weight is 267 g/mol. The van der Waals surface area contributed by atoms with Crippen LogP contribution in [-0.4, -0.2) is 27.8 Å². The van der Waals surface area contributed by atoms with E-state index in [0.29, 0.717) is 12.8 Å². The van der Waals surface area contributed by atoms with Crippen molar-refractivity contribution in [3.63, 3.8) is 0 Å². The van der Waals surface area contributed by atoms with Gasteiger partial charge in [-0.25, -0.2) is 4.98 Å². The van der Waals surface area contributed by atoms with Crippen LogP contribution in [0.4, 0.5) is 0 Å². The number of nitrogens with zero attached hydrogens (tertiary/aromatic N) is 2. The van der Waals surface area contributed by atoms with E-state index < -0.39 is 15.4 Å². The van der Waals surface area contributed by atoms with Crippen LogP contribution in [0, 0.1) is 0 Å². The van der Waals surface area contributed by atoms with Crippen LogP contribution in [-0.2, 0) is 16.5 Å². The van der Waals surface area contributed by atoms with E-state index in [0.717, 1.165) is 5.82 Å². The highest BCUT2D eigenvalue weighted by molar-refractivity contribution is 7.86. The Hall–Kier alpha value is -0.850. The molecule has 0 radical (unpaired) electrons. The lowest BCUT2D eigenvalue weighted by atomic mass is 10.2. The predicted molar refractivity (Wildman–Crippen MR) is 65.2 cm³/mol. The maximum absolute atomic E-state index is 10.8. The van der Waals surface area contributed by atoms with Gasteiger partial charge < -0.3 is 4.57 Å². The number of aryl methyl sites for hydroxylation is 1. The smallest absolute Gasteiger partial charge is 0.267 e. The first-order chi connectivity index (χ1) is 6.95. The molecule has 1 unspecified atom stereocenters. The van der Waals surface area contributed by atoms with Gasteiger partial charge in [0, 0.05) is 25.0 Å². The van der Waals surface area contributed by atoms with Crippen molar-refractivity contribution in [1.29, 1.82) is 0 Å². The van der Waals surface area contributed by atoms with Crippen molar-refractivity contribution in [2.45, 2.75) is 25.0 Å². The summed E-state index contributed by atoms with van der Waals surface area (Å²) in [4.78, 5) is 4.06. The lowest BCUT2D eigenvalue weighted by Crippen LogP contribution is -2.17. The Morgan fingerprint density at radius 2 is 2.31 bits per heavy atom. The van der Waals surface area contributed by atoms with Crippen molar-refractivity contribution in [3.05, 3.63) is 24.8 Å². The Labute approximate surface area is 101 Å². The van der Waals surface area contributed by atoms with Gasteiger partial charge in [-0.15, -0.1) is 12.4 Å². The fourth-order valence-electron chi connectivity index (χ4n) is 1.19. The Bertz CT molecular complexity index is 441. The number of imidazole rings is 1. The number of hydrogen-bond acceptors (Lipinski definition) is 3. The molecule has 1 N–H and O–H groups in total. The molecule has 0 fully saturated rings. The molecule has 0 aliphatic heterocycles. The molecule has 16 heavy (non-hydrogen) atoms. The van der Waals surface area contributed by atoms with Gasteiger partial charge in [0.25, 0.3) is 10.1 Å². The minimum atomic E-state index is -3.94. The van der Waals surface area contributed by atoms with Gasteiger partial charge in [-0.05, 0) is 13.3 Å². The molecule has 0 aromatic carbocycles. The Balaban J connectivity index is 0.00000225. The zero-order chi connectivity index (χ0) is 11.5. The van der Waals surface area contributed by atoms with Crippen LogP contribution in [0.5, 0.6) is 0 Å². The minimum absolute atomic E-state index is 0. The highest BCUT2D eigenvalue weighted by Gasteiger charge is 2.17. The number of hydrogen-bond donors (Lipinski definition) is 1. The second kappa shape index (κ2) is 6.03. The fraction of sp³-hybridized carbons (Fsp3) is 0.444. The molecule has 92 valence electrons. The maximum atomic E-state index is 10.8. The summed E-state index contributed by atoms with van der Waals surface area (Å²) < 4.78 is 32.0. The molecule has 0 spiro atoms. The summed E-state index contributed by atoms with van der Waals surface area (Å²) >= 11 is 0. The minimum Gasteiger partial charge on any atom is -0.311 e. The van der Waals surface area contributed by atoms with Crippen molar-refractivity contribution in [1.82, 2.24) is 9.55 Å². The molecule has 1 aromatic heterocycles. The van der Waals surface area contributed by atoms with Crippen LogP contribution < -0.4 is 0 Å². The zero-order valence-electron chi connectivity index (χ0n) is 8.91. The third-order valence-corrected chi connectivity index (χ3v) is 3.48. The molecule has 5 nitrogen and oxygen atoms in total. The van der Waals surface area contributed by atoms with E-state index in [4.69, 9.17) is 4.55 Å². The van der Waals surface area contributed by atoms with Crippen molar-refractivity contribution >= 4 is 28.7 Å². The zero-order valence-corrected chi connectivity index (χ0v) is 10.5. The SMILES string of the molecule is C=Cn1ccnc1CCC(C)S(=O)(=O)O.Cl. The second-order valence-corrected chi connectivity index (χ2v) is 5.13. The van der Waals surface area contributed by atoms with Crippen molar-refractivity contribution in [2.75, 3.05) is 0 Å². The van der Waals surface area contributed by atoms with E-state index >= 15 is 0 Å². The third-order valence-electron chi connectivity index (χ3n) is 2.23. The summed E-state index contributed by atoms with van der Waals surface area (Å²) in [6.45, 7) is 5.06. The van der Waals surface area contributed by atoms with E-state index in [1.54, 1.807) is 23.2 Å². The summed E-state index contributed by atoms with van der Waals surface area (Å²) in [5.74, 6) is 0.737. The van der Waals surface area contributed by atoms with Gasteiger partial charge in [-0.3, -0.25) is 4.55 Å². The lowest BCUT2D eigenvalue weighted by molar-refractivity contribution is 0.465. The van der Waals surface area contributed by atoms with Gasteiger partial charge in [-0.1, -0.05) is 6.58 Å². The van der Waals surface area contributed by atoms with Crippen molar-refractivity contribution in [2.24, 2.45) is 0 Å². The van der Waals surface area contributed by atoms with E-state index in [1.807, 2.05) is 0 Å². The number of aromatic nitrogens is 2. The molecule has 0 bridgehead atoms. The molecule has 0 saturated carbocycles. The maximum Gasteiger partial charge on any atom is 0.267 e. The van der Waals surface area contributed by atoms with Crippen molar-refractivity contribution < 1.29 is 13.0 Å². The molecular formula is C9H15ClN2O3S. The van der Waals surface area contributed by atoms with E-state index in [2.05, 4.69) is 11.6 Å². The van der Waals surface area contributed by atoms with Crippen LogP contribution in [0.3, 0.4) is 0 Å². The summed E-state index contributed by atoms with van der Waals surface area (Å²) in [5, 5.41) is -0.771. The summed E-state index contributed by atoms with van der Waals surface area (Å²) in [6, 6.07) is 0. The van der Waals surface area contributed by atoms with Crippen LogP contribution in [0.2, 0.25) is 0 Å². The first-order valence-corrected chi connectivity index (χ1v) is 6.06. The van der Waals surface area contributed by atoms with Crippen molar-refractivity contribution in [3.8, 4) is 0 Å². The summed E-state index contributed by atoms with van der Waals surface area (Å²) in [6.07, 6.45) is 5.78. The molecule has 0 aliphatic rings. The number of halogens is 1. The molecule has 1 aromatic rings. The van der Waals surface area contributed by atoms with Crippen LogP contribution in [0.1, 0.15) is 19.2 Å². The highest BCUT2D eigenvalue weighted by Crippen LogP contribution is 2.08. The average Bonchev–Trinajstić information content (AvgIpc) is 2.59. The Morgan fingerprint density at radius 1 is 1.69 bits per heavy atom. The van der Waals surface area contributed by atoms with Gasteiger partial charge in [0.2, 0.25) is 0 Å². The molecular weight excluding hydrogens is 252 g/mol. The first-order valence-electron chi connectivity index (χ1n) is 4.55. The fourth-order valence-corrected chi connectivity index (χ4v) is 1.60. The largest absolute Gasteiger partial charge is 0.311 e. The van der Waals surface area contributed by atoms with Gasteiger partial charge in [0.15, 0.2) is 0 Å². The van der Waals surface area contributed by atoms with E-state index in [1.165, 1.54) is 6.92 Å². The normalized spacial score (nSPS) is 12.9. The highest BCUT2D eigenvalue weighted by atomic mass is 35.5. The Morgan fingerprint density at radius 3 is 2.81 bits per heavy atom. The quantitative estimate of drug-likeness (QED) is 0.822. The molecule has 0 saturated heterocycles. The van der Waals surface area contributed by atoms with Gasteiger partial charge >= 0.3 is 0 Å². The molecule has 1 atom stereocenters. The predicted octanol–water partition coefficient (Wildman–Crippen LogP) is 1.61. The molecule has 7 heteroatoms. The molecule has 1 rings (SSSR count). The molecule has 1 heterocycles. The second-order valence-electron chi connectivity index (χ2n) is 3.30. The van der Waals surface area contributed by atoms with Crippen LogP contribution >= 0.6 is 12.4 Å². The molecule has 0 aliphatic carbocycles. The molecule has 0 amide bonds. The first kappa shape index (κ1) is 15.2. The van der Waals surface area contributed by atoms with E-state index in [-0.39, 0.29) is 12.4 Å². The summed E-state index contributed by atoms with van der Waals surface area (Å²) in [7, 11) is -3.94. The van der Waals surface area contributed by atoms with Crippen LogP contribution in [0.15, 0.2) is 19.0 Å². The topological polar surface area (TPSA) is 72.2 Å². The Kier molecular flexibility index (Phi) is 5.71. The number of rotatable bonds is 5. The van der Waals surface area contributed by atoms with Gasteiger partial charge in [-0.2, -0.15) is 8.42 Å². The van der Waals surface area contributed by atoms with Crippen LogP contribution in [0.25, 0.3) is 6.20 Å². The standard InChI is InChI=1S/C9H14N2O3S.ClH/c1-3-11-7-6-10-9(11)5-4-8(2)15(12,13)14;/h3,6-8H,1,4-5H2,2H3,(H,12,13,14);1H. The third kappa shape index (κ3) is 3.96. The van der Waals surface area contributed by atoms with Gasteiger partial charge in [0.1, 0.15) is 5.82 Å². The van der Waals surface area contributed by atoms with Gasteiger partial charge in [0.05, 0.1) is 5.25 Å².